The minimum absolute atomic E-state index is 0.0447. The zero-order valence-electron chi connectivity index (χ0n) is 19.3. The quantitative estimate of drug-likeness (QED) is 0.691. The van der Waals surface area contributed by atoms with Gasteiger partial charge in [-0.15, -0.1) is 0 Å². The summed E-state index contributed by atoms with van der Waals surface area (Å²) in [6.07, 6.45) is 4.96. The number of nitrogens with zero attached hydrogens (tertiary/aromatic N) is 3. The maximum atomic E-state index is 13.5. The molecule has 0 radical (unpaired) electrons. The number of piperidine rings is 2. The first-order chi connectivity index (χ1) is 16.1. The summed E-state index contributed by atoms with van der Waals surface area (Å²) in [5.41, 5.74) is 1.86. The van der Waals surface area contributed by atoms with E-state index in [1.165, 1.54) is 16.0 Å². The first kappa shape index (κ1) is 22.1. The van der Waals surface area contributed by atoms with Crippen molar-refractivity contribution in [2.45, 2.75) is 44.2 Å². The summed E-state index contributed by atoms with van der Waals surface area (Å²) < 4.78 is 0. The zero-order chi connectivity index (χ0) is 22.7. The molecular weight excluding hydrogens is 412 g/mol. The molecule has 1 spiro atoms. The number of nitrogens with one attached hydrogen (secondary N) is 1. The summed E-state index contributed by atoms with van der Waals surface area (Å²) in [5.74, 6) is 0.625. The molecule has 0 unspecified atom stereocenters. The number of benzene rings is 2. The number of urea groups is 1. The SMILES string of the molecule is O=C1N[C@@]2(CCCN(Cc3ccccc3)C2)C(=O)N1CN1CCC(Cc2ccccc2)CC1. The van der Waals surface area contributed by atoms with E-state index in [-0.39, 0.29) is 11.9 Å². The van der Waals surface area contributed by atoms with E-state index in [1.807, 2.05) is 18.2 Å². The Morgan fingerprint density at radius 1 is 0.848 bits per heavy atom. The summed E-state index contributed by atoms with van der Waals surface area (Å²) in [6.45, 7) is 4.62. The normalized spacial score (nSPS) is 25.0. The molecule has 1 atom stereocenters. The van der Waals surface area contributed by atoms with Crippen LogP contribution in [0.1, 0.15) is 36.8 Å². The van der Waals surface area contributed by atoms with Gasteiger partial charge in [-0.2, -0.15) is 0 Å². The van der Waals surface area contributed by atoms with Crippen LogP contribution in [0, 0.1) is 5.92 Å². The van der Waals surface area contributed by atoms with Crippen LogP contribution in [-0.2, 0) is 17.8 Å². The molecule has 6 heteroatoms. The van der Waals surface area contributed by atoms with Gasteiger partial charge in [0.05, 0.1) is 6.67 Å². The van der Waals surface area contributed by atoms with Crippen LogP contribution in [0.3, 0.4) is 0 Å². The molecule has 0 aromatic heterocycles. The monoisotopic (exact) mass is 446 g/mol. The van der Waals surface area contributed by atoms with E-state index in [2.05, 4.69) is 57.6 Å². The number of likely N-dealkylation sites (tertiary alicyclic amines) is 2. The number of carbonyl (C=O) groups is 2. The van der Waals surface area contributed by atoms with Gasteiger partial charge >= 0.3 is 6.03 Å². The summed E-state index contributed by atoms with van der Waals surface area (Å²) in [4.78, 5) is 32.3. The average Bonchev–Trinajstić information content (AvgIpc) is 3.05. The second-order valence-electron chi connectivity index (χ2n) is 9.94. The molecule has 2 aromatic carbocycles. The summed E-state index contributed by atoms with van der Waals surface area (Å²) >= 11 is 0. The van der Waals surface area contributed by atoms with Crippen molar-refractivity contribution in [2.75, 3.05) is 32.8 Å². The Morgan fingerprint density at radius 3 is 2.21 bits per heavy atom. The molecule has 1 N–H and O–H groups in total. The molecule has 3 saturated heterocycles. The van der Waals surface area contributed by atoms with Crippen LogP contribution in [0.5, 0.6) is 0 Å². The molecule has 2 aromatic rings. The molecule has 3 fully saturated rings. The highest BCUT2D eigenvalue weighted by Crippen LogP contribution is 2.30. The van der Waals surface area contributed by atoms with E-state index < -0.39 is 5.54 Å². The summed E-state index contributed by atoms with van der Waals surface area (Å²) in [7, 11) is 0. The zero-order valence-corrected chi connectivity index (χ0v) is 19.3. The third kappa shape index (κ3) is 4.97. The van der Waals surface area contributed by atoms with E-state index in [0.29, 0.717) is 19.1 Å². The highest BCUT2D eigenvalue weighted by Gasteiger charge is 2.53. The third-order valence-corrected chi connectivity index (χ3v) is 7.48. The van der Waals surface area contributed by atoms with Gasteiger partial charge in [0.25, 0.3) is 5.91 Å². The van der Waals surface area contributed by atoms with Crippen LogP contribution in [0.15, 0.2) is 60.7 Å². The van der Waals surface area contributed by atoms with Gasteiger partial charge in [0.15, 0.2) is 0 Å². The van der Waals surface area contributed by atoms with Crippen molar-refractivity contribution in [1.29, 1.82) is 0 Å². The lowest BCUT2D eigenvalue weighted by Crippen LogP contribution is -2.58. The van der Waals surface area contributed by atoms with Crippen molar-refractivity contribution >= 4 is 11.9 Å². The van der Waals surface area contributed by atoms with Gasteiger partial charge in [-0.25, -0.2) is 9.69 Å². The van der Waals surface area contributed by atoms with Crippen LogP contribution in [0.2, 0.25) is 0 Å². The Morgan fingerprint density at radius 2 is 1.52 bits per heavy atom. The lowest BCUT2D eigenvalue weighted by molar-refractivity contribution is -0.135. The van der Waals surface area contributed by atoms with Crippen molar-refractivity contribution in [3.63, 3.8) is 0 Å². The highest BCUT2D eigenvalue weighted by molar-refractivity contribution is 6.07. The van der Waals surface area contributed by atoms with E-state index in [0.717, 1.165) is 58.3 Å². The summed E-state index contributed by atoms with van der Waals surface area (Å²) in [6, 6.07) is 20.8. The highest BCUT2D eigenvalue weighted by atomic mass is 16.2. The molecule has 3 heterocycles. The molecular formula is C27H34N4O2. The molecule has 0 aliphatic carbocycles. The Balaban J connectivity index is 1.16. The Labute approximate surface area is 196 Å². The topological polar surface area (TPSA) is 55.9 Å². The number of hydrogen-bond acceptors (Lipinski definition) is 4. The molecule has 5 rings (SSSR count). The molecule has 0 saturated carbocycles. The standard InChI is InChI=1S/C27H34N4O2/c32-25-27(14-7-15-30(20-27)19-24-10-5-2-6-11-24)28-26(33)31(25)21-29-16-12-23(13-17-29)18-22-8-3-1-4-9-22/h1-6,8-11,23H,7,12-21H2,(H,28,33)/t27-/m1/s1. The molecule has 3 amide bonds. The lowest BCUT2D eigenvalue weighted by Gasteiger charge is -2.38. The first-order valence-corrected chi connectivity index (χ1v) is 12.3. The number of carbonyl (C=O) groups excluding carboxylic acids is 2. The van der Waals surface area contributed by atoms with Crippen molar-refractivity contribution in [3.05, 3.63) is 71.8 Å². The van der Waals surface area contributed by atoms with Crippen molar-refractivity contribution in [2.24, 2.45) is 5.92 Å². The fraction of sp³-hybridized carbons (Fsp3) is 0.481. The van der Waals surface area contributed by atoms with Crippen LogP contribution in [0.25, 0.3) is 0 Å². The summed E-state index contributed by atoms with van der Waals surface area (Å²) in [5, 5.41) is 3.09. The van der Waals surface area contributed by atoms with E-state index in [9.17, 15) is 9.59 Å². The number of imide groups is 1. The van der Waals surface area contributed by atoms with Crippen molar-refractivity contribution in [1.82, 2.24) is 20.0 Å². The van der Waals surface area contributed by atoms with Crippen LogP contribution >= 0.6 is 0 Å². The van der Waals surface area contributed by atoms with Gasteiger partial charge in [-0.05, 0) is 55.7 Å². The molecule has 174 valence electrons. The van der Waals surface area contributed by atoms with Gasteiger partial charge in [0, 0.05) is 26.2 Å². The Bertz CT molecular complexity index is 959. The van der Waals surface area contributed by atoms with E-state index >= 15 is 0 Å². The van der Waals surface area contributed by atoms with E-state index in [4.69, 9.17) is 0 Å². The molecule has 6 nitrogen and oxygen atoms in total. The van der Waals surface area contributed by atoms with Gasteiger partial charge in [-0.1, -0.05) is 60.7 Å². The van der Waals surface area contributed by atoms with Crippen LogP contribution in [0.4, 0.5) is 4.79 Å². The second kappa shape index (κ2) is 9.65. The van der Waals surface area contributed by atoms with Crippen molar-refractivity contribution in [3.8, 4) is 0 Å². The van der Waals surface area contributed by atoms with Gasteiger partial charge < -0.3 is 5.32 Å². The maximum Gasteiger partial charge on any atom is 0.326 e. The van der Waals surface area contributed by atoms with Crippen molar-refractivity contribution < 1.29 is 9.59 Å². The Kier molecular flexibility index (Phi) is 6.47. The molecule has 0 bridgehead atoms. The van der Waals surface area contributed by atoms with Crippen LogP contribution in [-0.4, -0.2) is 65.0 Å². The lowest BCUT2D eigenvalue weighted by atomic mass is 9.88. The van der Waals surface area contributed by atoms with Crippen LogP contribution < -0.4 is 5.32 Å². The number of amides is 3. The Hall–Kier alpha value is -2.70. The fourth-order valence-corrected chi connectivity index (χ4v) is 5.68. The smallest absolute Gasteiger partial charge is 0.322 e. The minimum Gasteiger partial charge on any atom is -0.322 e. The van der Waals surface area contributed by atoms with Gasteiger partial charge in [0.1, 0.15) is 5.54 Å². The molecule has 33 heavy (non-hydrogen) atoms. The largest absolute Gasteiger partial charge is 0.326 e. The average molecular weight is 447 g/mol. The van der Waals surface area contributed by atoms with Gasteiger partial charge in [-0.3, -0.25) is 14.6 Å². The van der Waals surface area contributed by atoms with Gasteiger partial charge in [0.2, 0.25) is 0 Å². The minimum atomic E-state index is -0.768. The predicted molar refractivity (Wildman–Crippen MR) is 128 cm³/mol. The van der Waals surface area contributed by atoms with E-state index in [1.54, 1.807) is 0 Å². The number of rotatable bonds is 6. The fourth-order valence-electron chi connectivity index (χ4n) is 5.68. The maximum absolute atomic E-state index is 13.5. The first-order valence-electron chi connectivity index (χ1n) is 12.3. The number of hydrogen-bond donors (Lipinski definition) is 1. The third-order valence-electron chi connectivity index (χ3n) is 7.48. The second-order valence-corrected chi connectivity index (χ2v) is 9.94. The molecule has 3 aliphatic heterocycles. The molecule has 3 aliphatic rings. The predicted octanol–water partition coefficient (Wildman–Crippen LogP) is 3.49.